The molecule has 0 aliphatic carbocycles. The molecular formula is C6H11LiO. The van der Waals surface area contributed by atoms with Gasteiger partial charge in [0.25, 0.3) is 0 Å². The van der Waals surface area contributed by atoms with E-state index in [1.807, 2.05) is 13.8 Å². The summed E-state index contributed by atoms with van der Waals surface area (Å²) < 4.78 is 0. The molecule has 0 radical (unpaired) electrons. The van der Waals surface area contributed by atoms with Gasteiger partial charge in [-0.1, -0.05) is 19.4 Å². The summed E-state index contributed by atoms with van der Waals surface area (Å²) in [6, 6.07) is 0. The molecule has 0 aliphatic heterocycles. The fourth-order valence-corrected chi connectivity index (χ4v) is 0.249. The normalized spacial score (nSPS) is 11.9. The second-order valence-electron chi connectivity index (χ2n) is 1.69. The van der Waals surface area contributed by atoms with E-state index in [4.69, 9.17) is 0 Å². The van der Waals surface area contributed by atoms with Gasteiger partial charge in [0.05, 0.1) is 0 Å². The van der Waals surface area contributed by atoms with Crippen LogP contribution in [0.3, 0.4) is 0 Å². The third-order valence-corrected chi connectivity index (χ3v) is 1.13. The Hall–Kier alpha value is 0.137. The van der Waals surface area contributed by atoms with Gasteiger partial charge in [0.1, 0.15) is 0 Å². The minimum atomic E-state index is 0. The molecule has 0 aromatic heterocycles. The van der Waals surface area contributed by atoms with E-state index in [0.717, 1.165) is 12.0 Å². The van der Waals surface area contributed by atoms with E-state index in [-0.39, 0.29) is 24.6 Å². The molecule has 0 aromatic rings. The summed E-state index contributed by atoms with van der Waals surface area (Å²) in [5, 5.41) is 10.3. The monoisotopic (exact) mass is 106 g/mol. The second kappa shape index (κ2) is 5.28. The summed E-state index contributed by atoms with van der Waals surface area (Å²) in [4.78, 5) is 0. The maximum absolute atomic E-state index is 10.3. The number of hydrogen-bond acceptors (Lipinski definition) is 1. The van der Waals surface area contributed by atoms with Gasteiger partial charge in [-0.05, 0) is 13.3 Å². The maximum atomic E-state index is 10.3. The Balaban J connectivity index is 0. The molecule has 8 heavy (non-hydrogen) atoms. The molecule has 0 amide bonds. The Morgan fingerprint density at radius 2 is 1.75 bits per heavy atom. The molecule has 0 fully saturated rings. The molecule has 0 bridgehead atoms. The van der Waals surface area contributed by atoms with Crippen molar-refractivity contribution in [2.75, 3.05) is 0 Å². The molecule has 0 atom stereocenters. The zero-order valence-electron chi connectivity index (χ0n) is 6.12. The smallest absolute Gasteiger partial charge is 0.876 e. The van der Waals surface area contributed by atoms with Crippen molar-refractivity contribution in [3.8, 4) is 0 Å². The molecule has 0 rings (SSSR count). The number of hydrogen-bond donors (Lipinski definition) is 0. The van der Waals surface area contributed by atoms with Gasteiger partial charge < -0.3 is 5.11 Å². The second-order valence-corrected chi connectivity index (χ2v) is 1.69. The quantitative estimate of drug-likeness (QED) is 0.281. The standard InChI is InChI=1S/C6H12O.Li/c1-4-5(2)6(3)7;/h7H,4H2,1-3H3;/q;+1/p-1/b6-5-;. The topological polar surface area (TPSA) is 23.1 Å². The van der Waals surface area contributed by atoms with Crippen LogP contribution in [0.25, 0.3) is 0 Å². The maximum Gasteiger partial charge on any atom is 1.00 e. The van der Waals surface area contributed by atoms with Gasteiger partial charge in [-0.3, -0.25) is 0 Å². The third-order valence-electron chi connectivity index (χ3n) is 1.13. The molecule has 2 heteroatoms. The Labute approximate surface area is 63.0 Å². The summed E-state index contributed by atoms with van der Waals surface area (Å²) in [6.07, 6.45) is 0.884. The molecule has 42 valence electrons. The molecular weight excluding hydrogens is 95.0 g/mol. The van der Waals surface area contributed by atoms with Crippen LogP contribution in [0.4, 0.5) is 0 Å². The van der Waals surface area contributed by atoms with Crippen molar-refractivity contribution >= 4 is 0 Å². The Morgan fingerprint density at radius 3 is 1.75 bits per heavy atom. The van der Waals surface area contributed by atoms with Crippen molar-refractivity contribution in [2.24, 2.45) is 0 Å². The van der Waals surface area contributed by atoms with Crippen LogP contribution in [-0.2, 0) is 0 Å². The SMILES string of the molecule is CC/C(C)=C(/C)[O-].[Li+]. The first-order valence-electron chi connectivity index (χ1n) is 2.51. The van der Waals surface area contributed by atoms with Crippen LogP contribution in [0.15, 0.2) is 11.3 Å². The average molecular weight is 106 g/mol. The van der Waals surface area contributed by atoms with Crippen molar-refractivity contribution in [1.82, 2.24) is 0 Å². The first-order valence-corrected chi connectivity index (χ1v) is 2.51. The molecule has 0 spiro atoms. The van der Waals surface area contributed by atoms with E-state index in [9.17, 15) is 5.11 Å². The molecule has 0 unspecified atom stereocenters. The van der Waals surface area contributed by atoms with Gasteiger partial charge in [0.15, 0.2) is 0 Å². The zero-order chi connectivity index (χ0) is 5.86. The number of rotatable bonds is 1. The van der Waals surface area contributed by atoms with Crippen LogP contribution < -0.4 is 24.0 Å². The van der Waals surface area contributed by atoms with Crippen molar-refractivity contribution < 1.29 is 24.0 Å². The van der Waals surface area contributed by atoms with Crippen LogP contribution in [-0.4, -0.2) is 0 Å². The fraction of sp³-hybridized carbons (Fsp3) is 0.667. The van der Waals surface area contributed by atoms with Gasteiger partial charge in [-0.15, -0.1) is 5.76 Å². The van der Waals surface area contributed by atoms with E-state index in [1.54, 1.807) is 6.92 Å². The first kappa shape index (κ1) is 11.0. The predicted octanol–water partition coefficient (Wildman–Crippen LogP) is -1.95. The molecule has 0 aliphatic rings. The van der Waals surface area contributed by atoms with Gasteiger partial charge >= 0.3 is 18.9 Å². The van der Waals surface area contributed by atoms with Crippen LogP contribution in [0.1, 0.15) is 27.2 Å². The largest absolute Gasteiger partial charge is 1.00 e. The van der Waals surface area contributed by atoms with Gasteiger partial charge in [-0.25, -0.2) is 0 Å². The molecule has 0 saturated heterocycles. The Kier molecular flexibility index (Phi) is 7.26. The van der Waals surface area contributed by atoms with Gasteiger partial charge in [0, 0.05) is 0 Å². The van der Waals surface area contributed by atoms with E-state index in [0.29, 0.717) is 0 Å². The van der Waals surface area contributed by atoms with Crippen molar-refractivity contribution in [3.05, 3.63) is 11.3 Å². The predicted molar refractivity (Wildman–Crippen MR) is 28.7 cm³/mol. The minimum Gasteiger partial charge on any atom is -0.876 e. The summed E-state index contributed by atoms with van der Waals surface area (Å²) in [6.45, 7) is 5.44. The van der Waals surface area contributed by atoms with Crippen LogP contribution in [0, 0.1) is 0 Å². The first-order chi connectivity index (χ1) is 3.18. The fourth-order valence-electron chi connectivity index (χ4n) is 0.249. The zero-order valence-corrected chi connectivity index (χ0v) is 6.12. The third kappa shape index (κ3) is 4.30. The Bertz CT molecular complexity index is 82.5. The van der Waals surface area contributed by atoms with Crippen LogP contribution >= 0.6 is 0 Å². The van der Waals surface area contributed by atoms with Crippen molar-refractivity contribution in [3.63, 3.8) is 0 Å². The molecule has 1 nitrogen and oxygen atoms in total. The van der Waals surface area contributed by atoms with E-state index < -0.39 is 0 Å². The van der Waals surface area contributed by atoms with Gasteiger partial charge in [-0.2, -0.15) is 0 Å². The molecule has 0 heterocycles. The number of allylic oxidation sites excluding steroid dienone is 2. The summed E-state index contributed by atoms with van der Waals surface area (Å²) in [7, 11) is 0. The van der Waals surface area contributed by atoms with Crippen molar-refractivity contribution in [1.29, 1.82) is 0 Å². The van der Waals surface area contributed by atoms with E-state index in [2.05, 4.69) is 0 Å². The summed E-state index contributed by atoms with van der Waals surface area (Å²) in [5.41, 5.74) is 0.958. The average Bonchev–Trinajstić information content (AvgIpc) is 1.65. The van der Waals surface area contributed by atoms with Crippen LogP contribution in [0.5, 0.6) is 0 Å². The Morgan fingerprint density at radius 1 is 1.38 bits per heavy atom. The van der Waals surface area contributed by atoms with E-state index in [1.165, 1.54) is 0 Å². The molecule has 0 aromatic carbocycles. The minimum absolute atomic E-state index is 0. The van der Waals surface area contributed by atoms with Gasteiger partial charge in [0.2, 0.25) is 0 Å². The summed E-state index contributed by atoms with van der Waals surface area (Å²) in [5.74, 6) is 0.211. The summed E-state index contributed by atoms with van der Waals surface area (Å²) >= 11 is 0. The molecule has 0 saturated carbocycles. The van der Waals surface area contributed by atoms with E-state index >= 15 is 0 Å². The van der Waals surface area contributed by atoms with Crippen LogP contribution in [0.2, 0.25) is 0 Å². The van der Waals surface area contributed by atoms with Crippen molar-refractivity contribution in [2.45, 2.75) is 27.2 Å². The molecule has 0 N–H and O–H groups in total.